The standard InChI is InChI=1S/C6H6ClFNP/c7-6-5(8)1-4(3-10)2-9-6/h1-2H,3,10H2. The van der Waals surface area contributed by atoms with Crippen LogP contribution in [0.2, 0.25) is 5.15 Å². The molecule has 54 valence electrons. The van der Waals surface area contributed by atoms with Crippen molar-refractivity contribution in [2.45, 2.75) is 6.16 Å². The van der Waals surface area contributed by atoms with Crippen molar-refractivity contribution in [1.82, 2.24) is 4.98 Å². The zero-order chi connectivity index (χ0) is 7.56. The molecule has 0 aliphatic rings. The molecule has 1 aromatic rings. The van der Waals surface area contributed by atoms with Crippen molar-refractivity contribution < 1.29 is 4.39 Å². The van der Waals surface area contributed by atoms with Crippen molar-refractivity contribution in [3.8, 4) is 0 Å². The highest BCUT2D eigenvalue weighted by Gasteiger charge is 1.99. The third-order valence-electron chi connectivity index (χ3n) is 1.09. The molecule has 0 aliphatic carbocycles. The Labute approximate surface area is 65.8 Å². The second-order valence-corrected chi connectivity index (χ2v) is 2.59. The van der Waals surface area contributed by atoms with Gasteiger partial charge in [0.15, 0.2) is 11.0 Å². The lowest BCUT2D eigenvalue weighted by Gasteiger charge is -1.95. The Balaban J connectivity index is 3.04. The molecular weight excluding hydrogens is 171 g/mol. The van der Waals surface area contributed by atoms with Crippen LogP contribution in [-0.2, 0) is 6.16 Å². The largest absolute Gasteiger partial charge is 0.241 e. The van der Waals surface area contributed by atoms with E-state index >= 15 is 0 Å². The summed E-state index contributed by atoms with van der Waals surface area (Å²) in [5.74, 6) is -0.457. The monoisotopic (exact) mass is 177 g/mol. The smallest absolute Gasteiger partial charge is 0.164 e. The Kier molecular flexibility index (Phi) is 2.58. The number of halogens is 2. The van der Waals surface area contributed by atoms with Crippen LogP contribution in [0, 0.1) is 5.82 Å². The maximum absolute atomic E-state index is 12.6. The lowest BCUT2D eigenvalue weighted by atomic mass is 10.3. The van der Waals surface area contributed by atoms with E-state index < -0.39 is 5.82 Å². The minimum Gasteiger partial charge on any atom is -0.241 e. The third-order valence-corrected chi connectivity index (χ3v) is 1.84. The van der Waals surface area contributed by atoms with E-state index in [0.29, 0.717) is 6.16 Å². The van der Waals surface area contributed by atoms with Crippen LogP contribution >= 0.6 is 20.8 Å². The Morgan fingerprint density at radius 2 is 2.40 bits per heavy atom. The zero-order valence-electron chi connectivity index (χ0n) is 5.14. The van der Waals surface area contributed by atoms with E-state index in [1.807, 2.05) is 0 Å². The molecule has 0 bridgehead atoms. The van der Waals surface area contributed by atoms with Gasteiger partial charge in [-0.05, 0) is 17.8 Å². The van der Waals surface area contributed by atoms with Crippen LogP contribution in [0.4, 0.5) is 4.39 Å². The van der Waals surface area contributed by atoms with Crippen molar-refractivity contribution in [2.24, 2.45) is 0 Å². The summed E-state index contributed by atoms with van der Waals surface area (Å²) in [5, 5.41) is -0.0674. The Bertz CT molecular complexity index is 241. The normalized spacial score (nSPS) is 9.90. The summed E-state index contributed by atoms with van der Waals surface area (Å²) in [6, 6.07) is 1.38. The molecule has 1 rings (SSSR count). The van der Waals surface area contributed by atoms with Gasteiger partial charge in [-0.1, -0.05) is 11.6 Å². The number of nitrogens with zero attached hydrogens (tertiary/aromatic N) is 1. The minimum absolute atomic E-state index is 0.0674. The van der Waals surface area contributed by atoms with Gasteiger partial charge in [-0.25, -0.2) is 9.37 Å². The van der Waals surface area contributed by atoms with Crippen molar-refractivity contribution in [3.63, 3.8) is 0 Å². The van der Waals surface area contributed by atoms with Gasteiger partial charge in [0.1, 0.15) is 0 Å². The number of hydrogen-bond donors (Lipinski definition) is 0. The Morgan fingerprint density at radius 3 is 2.90 bits per heavy atom. The first-order valence-corrected chi connectivity index (χ1v) is 3.93. The molecule has 0 N–H and O–H groups in total. The summed E-state index contributed by atoms with van der Waals surface area (Å²) in [6.07, 6.45) is 2.25. The fraction of sp³-hybridized carbons (Fsp3) is 0.167. The number of aromatic nitrogens is 1. The van der Waals surface area contributed by atoms with E-state index in [2.05, 4.69) is 14.2 Å². The lowest BCUT2D eigenvalue weighted by molar-refractivity contribution is 0.620. The molecule has 0 aliphatic heterocycles. The van der Waals surface area contributed by atoms with E-state index in [1.165, 1.54) is 6.07 Å². The molecular formula is C6H6ClFNP. The molecule has 1 aromatic heterocycles. The molecule has 1 nitrogen and oxygen atoms in total. The van der Waals surface area contributed by atoms with E-state index in [4.69, 9.17) is 11.6 Å². The lowest BCUT2D eigenvalue weighted by Crippen LogP contribution is -1.85. The van der Waals surface area contributed by atoms with Gasteiger partial charge in [-0.15, -0.1) is 9.24 Å². The average molecular weight is 178 g/mol. The molecule has 0 amide bonds. The van der Waals surface area contributed by atoms with Crippen molar-refractivity contribution in [2.75, 3.05) is 0 Å². The van der Waals surface area contributed by atoms with Gasteiger partial charge < -0.3 is 0 Å². The maximum atomic E-state index is 12.6. The summed E-state index contributed by atoms with van der Waals surface area (Å²) in [5.41, 5.74) is 0.826. The maximum Gasteiger partial charge on any atom is 0.164 e. The minimum atomic E-state index is -0.457. The fourth-order valence-electron chi connectivity index (χ4n) is 0.572. The second kappa shape index (κ2) is 3.27. The van der Waals surface area contributed by atoms with Gasteiger partial charge in [0, 0.05) is 6.20 Å². The average Bonchev–Trinajstić information content (AvgIpc) is 1.95. The van der Waals surface area contributed by atoms with Crippen LogP contribution in [0.5, 0.6) is 0 Å². The van der Waals surface area contributed by atoms with Crippen molar-refractivity contribution in [1.29, 1.82) is 0 Å². The quantitative estimate of drug-likeness (QED) is 0.474. The summed E-state index contributed by atoms with van der Waals surface area (Å²) in [4.78, 5) is 3.63. The van der Waals surface area contributed by atoms with Crippen LogP contribution in [0.1, 0.15) is 5.56 Å². The molecule has 0 radical (unpaired) electrons. The molecule has 0 aromatic carbocycles. The van der Waals surface area contributed by atoms with Crippen LogP contribution in [0.15, 0.2) is 12.3 Å². The molecule has 0 spiro atoms. The first-order valence-electron chi connectivity index (χ1n) is 2.74. The topological polar surface area (TPSA) is 12.9 Å². The van der Waals surface area contributed by atoms with Crippen molar-refractivity contribution in [3.05, 3.63) is 28.8 Å². The van der Waals surface area contributed by atoms with Gasteiger partial charge in [0.05, 0.1) is 0 Å². The van der Waals surface area contributed by atoms with Crippen LogP contribution in [0.25, 0.3) is 0 Å². The van der Waals surface area contributed by atoms with Gasteiger partial charge in [0.2, 0.25) is 0 Å². The Morgan fingerprint density at radius 1 is 1.70 bits per heavy atom. The summed E-state index contributed by atoms with van der Waals surface area (Å²) >= 11 is 5.34. The number of rotatable bonds is 1. The first kappa shape index (κ1) is 7.90. The summed E-state index contributed by atoms with van der Waals surface area (Å²) in [7, 11) is 2.48. The third kappa shape index (κ3) is 1.65. The molecule has 1 atom stereocenters. The highest BCUT2D eigenvalue weighted by atomic mass is 35.5. The summed E-state index contributed by atoms with van der Waals surface area (Å²) in [6.45, 7) is 0. The van der Waals surface area contributed by atoms with Gasteiger partial charge in [0.25, 0.3) is 0 Å². The van der Waals surface area contributed by atoms with Crippen LogP contribution in [-0.4, -0.2) is 4.98 Å². The van der Waals surface area contributed by atoms with Crippen molar-refractivity contribution >= 4 is 20.8 Å². The first-order chi connectivity index (χ1) is 4.74. The molecule has 0 saturated carbocycles. The molecule has 4 heteroatoms. The molecule has 1 heterocycles. The van der Waals surface area contributed by atoms with E-state index in [-0.39, 0.29) is 5.15 Å². The van der Waals surface area contributed by atoms with Crippen LogP contribution in [0.3, 0.4) is 0 Å². The Hall–Kier alpha value is -0.200. The van der Waals surface area contributed by atoms with Gasteiger partial charge in [-0.2, -0.15) is 0 Å². The molecule has 0 saturated heterocycles. The zero-order valence-corrected chi connectivity index (χ0v) is 7.05. The van der Waals surface area contributed by atoms with E-state index in [9.17, 15) is 4.39 Å². The molecule has 10 heavy (non-hydrogen) atoms. The SMILES string of the molecule is Fc1cc(CP)cnc1Cl. The number of pyridine rings is 1. The highest BCUT2D eigenvalue weighted by molar-refractivity contribution is 7.15. The summed E-state index contributed by atoms with van der Waals surface area (Å²) < 4.78 is 12.6. The predicted molar refractivity (Wildman–Crippen MR) is 42.6 cm³/mol. The predicted octanol–water partition coefficient (Wildman–Crippen LogP) is 2.25. The van der Waals surface area contributed by atoms with Gasteiger partial charge in [-0.3, -0.25) is 0 Å². The van der Waals surface area contributed by atoms with E-state index in [0.717, 1.165) is 5.56 Å². The van der Waals surface area contributed by atoms with E-state index in [1.54, 1.807) is 6.20 Å². The fourth-order valence-corrected chi connectivity index (χ4v) is 0.899. The van der Waals surface area contributed by atoms with Crippen LogP contribution < -0.4 is 0 Å². The highest BCUT2D eigenvalue weighted by Crippen LogP contribution is 2.13. The molecule has 1 unspecified atom stereocenters. The van der Waals surface area contributed by atoms with Gasteiger partial charge >= 0.3 is 0 Å². The number of hydrogen-bond acceptors (Lipinski definition) is 1. The molecule has 0 fully saturated rings. The second-order valence-electron chi connectivity index (χ2n) is 1.82.